The molecule has 0 unspecified atom stereocenters. The molecule has 0 bridgehead atoms. The third-order valence-corrected chi connectivity index (χ3v) is 6.89. The number of thiophene rings is 1. The molecule has 0 saturated carbocycles. The van der Waals surface area contributed by atoms with Crippen LogP contribution in [-0.2, 0) is 16.4 Å². The predicted molar refractivity (Wildman–Crippen MR) is 103 cm³/mol. The van der Waals surface area contributed by atoms with Gasteiger partial charge in [-0.1, -0.05) is 30.4 Å². The number of carbonyl (C=O) groups is 1. The van der Waals surface area contributed by atoms with Gasteiger partial charge in [0.25, 0.3) is 5.91 Å². The average molecular weight is 409 g/mol. The predicted octanol–water partition coefficient (Wildman–Crippen LogP) is 2.99. The Hall–Kier alpha value is -2.14. The van der Waals surface area contributed by atoms with E-state index in [0.717, 1.165) is 16.3 Å². The third-order valence-electron chi connectivity index (χ3n) is 3.59. The molecule has 0 atom stereocenters. The highest BCUT2D eigenvalue weighted by Crippen LogP contribution is 2.30. The molecule has 3 rings (SSSR count). The van der Waals surface area contributed by atoms with E-state index in [4.69, 9.17) is 0 Å². The molecule has 1 amide bonds. The Bertz CT molecular complexity index is 1030. The average Bonchev–Trinajstić information content (AvgIpc) is 3.33. The van der Waals surface area contributed by atoms with E-state index in [1.54, 1.807) is 6.07 Å². The van der Waals surface area contributed by atoms with Crippen LogP contribution in [0, 0.1) is 0 Å². The lowest BCUT2D eigenvalue weighted by Gasteiger charge is -2.10. The molecule has 0 spiro atoms. The van der Waals surface area contributed by atoms with E-state index in [2.05, 4.69) is 20.2 Å². The molecule has 0 radical (unpaired) electrons. The van der Waals surface area contributed by atoms with Gasteiger partial charge in [0, 0.05) is 16.0 Å². The first kappa shape index (κ1) is 18.6. The van der Waals surface area contributed by atoms with Crippen LogP contribution in [0.25, 0.3) is 10.4 Å². The van der Waals surface area contributed by atoms with Crippen LogP contribution in [0.3, 0.4) is 0 Å². The number of nitrogens with one attached hydrogen (secondary N) is 2. The number of anilines is 1. The van der Waals surface area contributed by atoms with Crippen LogP contribution in [-0.4, -0.2) is 31.6 Å². The van der Waals surface area contributed by atoms with Gasteiger partial charge in [-0.05, 0) is 37.0 Å². The maximum atomic E-state index is 12.8. The van der Waals surface area contributed by atoms with Gasteiger partial charge in [0.1, 0.15) is 5.01 Å². The number of carbonyl (C=O) groups excluding carboxylic acids is 1. The maximum Gasteiger partial charge on any atom is 0.258 e. The summed E-state index contributed by atoms with van der Waals surface area (Å²) in [5, 5.41) is 13.7. The van der Waals surface area contributed by atoms with Crippen LogP contribution in [0.1, 0.15) is 22.3 Å². The van der Waals surface area contributed by atoms with Crippen molar-refractivity contribution in [2.24, 2.45) is 0 Å². The molecule has 0 aliphatic heterocycles. The number of sulfonamides is 1. The quantitative estimate of drug-likeness (QED) is 0.653. The molecule has 2 aromatic heterocycles. The Morgan fingerprint density at radius 2 is 2.04 bits per heavy atom. The normalized spacial score (nSPS) is 11.5. The largest absolute Gasteiger partial charge is 0.296 e. The molecule has 2 N–H and O–H groups in total. The van der Waals surface area contributed by atoms with Gasteiger partial charge in [-0.15, -0.1) is 21.5 Å². The summed E-state index contributed by atoms with van der Waals surface area (Å²) in [4.78, 5) is 13.7. The molecule has 2 heterocycles. The molecular weight excluding hydrogens is 392 g/mol. The fourth-order valence-corrected chi connectivity index (χ4v) is 4.45. The van der Waals surface area contributed by atoms with E-state index in [1.807, 2.05) is 24.4 Å². The smallest absolute Gasteiger partial charge is 0.258 e. The van der Waals surface area contributed by atoms with Crippen molar-refractivity contribution >= 4 is 43.7 Å². The Morgan fingerprint density at radius 1 is 1.23 bits per heavy atom. The summed E-state index contributed by atoms with van der Waals surface area (Å²) >= 11 is 2.76. The second kappa shape index (κ2) is 7.62. The van der Waals surface area contributed by atoms with Crippen LogP contribution >= 0.6 is 22.7 Å². The molecule has 7 nitrogen and oxygen atoms in total. The van der Waals surface area contributed by atoms with E-state index in [1.165, 1.54) is 41.9 Å². The van der Waals surface area contributed by atoms with Crippen LogP contribution in [0.15, 0.2) is 40.6 Å². The van der Waals surface area contributed by atoms with Gasteiger partial charge in [-0.3, -0.25) is 10.1 Å². The van der Waals surface area contributed by atoms with E-state index >= 15 is 0 Å². The first-order valence-corrected chi connectivity index (χ1v) is 10.9. The van der Waals surface area contributed by atoms with Crippen molar-refractivity contribution in [3.63, 3.8) is 0 Å². The van der Waals surface area contributed by atoms with Crippen molar-refractivity contribution < 1.29 is 13.2 Å². The highest BCUT2D eigenvalue weighted by Gasteiger charge is 2.20. The lowest BCUT2D eigenvalue weighted by molar-refractivity contribution is 0.102. The van der Waals surface area contributed by atoms with Gasteiger partial charge in [0.05, 0.1) is 4.90 Å². The van der Waals surface area contributed by atoms with Crippen molar-refractivity contribution in [2.75, 3.05) is 12.4 Å². The lowest BCUT2D eigenvalue weighted by atomic mass is 10.1. The van der Waals surface area contributed by atoms with E-state index in [0.29, 0.717) is 10.7 Å². The first-order chi connectivity index (χ1) is 12.4. The highest BCUT2D eigenvalue weighted by molar-refractivity contribution is 7.89. The number of rotatable bonds is 6. The fraction of sp³-hybridized carbons (Fsp3) is 0.188. The summed E-state index contributed by atoms with van der Waals surface area (Å²) in [6, 6.07) is 8.25. The van der Waals surface area contributed by atoms with E-state index in [-0.39, 0.29) is 10.5 Å². The highest BCUT2D eigenvalue weighted by atomic mass is 32.2. The number of aromatic nitrogens is 2. The molecule has 0 aliphatic carbocycles. The van der Waals surface area contributed by atoms with Crippen molar-refractivity contribution in [1.29, 1.82) is 0 Å². The van der Waals surface area contributed by atoms with Crippen molar-refractivity contribution in [3.05, 3.63) is 46.3 Å². The number of benzene rings is 1. The van der Waals surface area contributed by atoms with Crippen LogP contribution in [0.5, 0.6) is 0 Å². The topological polar surface area (TPSA) is 101 Å². The van der Waals surface area contributed by atoms with Gasteiger partial charge in [-0.2, -0.15) is 0 Å². The number of hydrogen-bond acceptors (Lipinski definition) is 7. The Balaban J connectivity index is 2.03. The second-order valence-corrected chi connectivity index (χ2v) is 9.10. The van der Waals surface area contributed by atoms with Crippen LogP contribution < -0.4 is 10.0 Å². The molecule has 3 aromatic rings. The van der Waals surface area contributed by atoms with Gasteiger partial charge < -0.3 is 0 Å². The molecule has 1 aromatic carbocycles. The Kier molecular flexibility index (Phi) is 5.47. The minimum Gasteiger partial charge on any atom is -0.296 e. The first-order valence-electron chi connectivity index (χ1n) is 7.70. The van der Waals surface area contributed by atoms with Gasteiger partial charge >= 0.3 is 0 Å². The summed E-state index contributed by atoms with van der Waals surface area (Å²) in [5.74, 6) is -0.430. The zero-order valence-electron chi connectivity index (χ0n) is 14.0. The molecule has 0 aliphatic rings. The van der Waals surface area contributed by atoms with Crippen LogP contribution in [0.2, 0.25) is 0 Å². The summed E-state index contributed by atoms with van der Waals surface area (Å²) in [6.45, 7) is 1.95. The number of nitrogens with zero attached hydrogens (tertiary/aromatic N) is 2. The maximum absolute atomic E-state index is 12.8. The standard InChI is InChI=1S/C16H16N4O3S3/c1-3-14-19-20-16(25-14)18-15(21)12-9-10(26(22,23)17-2)6-7-11(12)13-5-4-8-24-13/h4-9,17H,3H2,1-2H3,(H,18,20,21). The lowest BCUT2D eigenvalue weighted by Crippen LogP contribution is -2.20. The van der Waals surface area contributed by atoms with E-state index in [9.17, 15) is 13.2 Å². The minimum absolute atomic E-state index is 0.0250. The molecular formula is C16H16N4O3S3. The molecule has 0 saturated heterocycles. The van der Waals surface area contributed by atoms with Crippen LogP contribution in [0.4, 0.5) is 5.13 Å². The summed E-state index contributed by atoms with van der Waals surface area (Å²) in [7, 11) is -2.34. The van der Waals surface area contributed by atoms with Gasteiger partial charge in [0.2, 0.25) is 15.2 Å². The summed E-state index contributed by atoms with van der Waals surface area (Å²) < 4.78 is 26.5. The molecule has 26 heavy (non-hydrogen) atoms. The SMILES string of the molecule is CCc1nnc(NC(=O)c2cc(S(=O)(=O)NC)ccc2-c2cccs2)s1. The zero-order chi connectivity index (χ0) is 18.7. The molecule has 136 valence electrons. The number of amides is 1. The zero-order valence-corrected chi connectivity index (χ0v) is 16.5. The second-order valence-electron chi connectivity index (χ2n) is 5.20. The fourth-order valence-electron chi connectivity index (χ4n) is 2.25. The molecule has 10 heteroatoms. The van der Waals surface area contributed by atoms with Crippen molar-refractivity contribution in [3.8, 4) is 10.4 Å². The van der Waals surface area contributed by atoms with Gasteiger partial charge in [-0.25, -0.2) is 13.1 Å². The van der Waals surface area contributed by atoms with Crippen molar-refractivity contribution in [2.45, 2.75) is 18.2 Å². The van der Waals surface area contributed by atoms with Gasteiger partial charge in [0.15, 0.2) is 0 Å². The summed E-state index contributed by atoms with van der Waals surface area (Å²) in [6.07, 6.45) is 0.726. The molecule has 0 fully saturated rings. The Labute approximate surface area is 159 Å². The van der Waals surface area contributed by atoms with E-state index < -0.39 is 15.9 Å². The third kappa shape index (κ3) is 3.83. The summed E-state index contributed by atoms with van der Waals surface area (Å²) in [5.41, 5.74) is 0.921. The monoisotopic (exact) mass is 408 g/mol. The van der Waals surface area contributed by atoms with Crippen molar-refractivity contribution in [1.82, 2.24) is 14.9 Å². The number of hydrogen-bond donors (Lipinski definition) is 2. The Morgan fingerprint density at radius 3 is 2.65 bits per heavy atom. The minimum atomic E-state index is -3.66. The number of aryl methyl sites for hydroxylation is 1.